The molecular weight excluding hydrogens is 387 g/mol. The molecule has 0 bridgehead atoms. The topological polar surface area (TPSA) is 105 Å². The lowest BCUT2D eigenvalue weighted by molar-refractivity contribution is 0.0939. The molecule has 1 aromatic carbocycles. The molecule has 7 nitrogen and oxygen atoms in total. The van der Waals surface area contributed by atoms with E-state index in [2.05, 4.69) is 10.2 Å². The van der Waals surface area contributed by atoms with Crippen molar-refractivity contribution >= 4 is 44.9 Å². The number of aromatic nitrogens is 2. The van der Waals surface area contributed by atoms with Gasteiger partial charge in [0.1, 0.15) is 17.1 Å². The van der Waals surface area contributed by atoms with Gasteiger partial charge in [-0.3, -0.25) is 10.1 Å². The van der Waals surface area contributed by atoms with Gasteiger partial charge in [-0.05, 0) is 23.7 Å². The van der Waals surface area contributed by atoms with Crippen molar-refractivity contribution in [2.24, 2.45) is 0 Å². The standard InChI is InChI=1S/C13H5ClF3N3O4S/c14-13(16,17)11-19-20-12(25-11)18-9(22)7-8(21)5-2-1-4(15)3-6(5)24-10(7)23/h1-3,21H,(H,18,20,22). The third-order valence-corrected chi connectivity index (χ3v) is 4.16. The summed E-state index contributed by atoms with van der Waals surface area (Å²) >= 11 is 5.06. The van der Waals surface area contributed by atoms with Crippen LogP contribution in [0.1, 0.15) is 15.4 Å². The van der Waals surface area contributed by atoms with Crippen LogP contribution in [0.2, 0.25) is 0 Å². The molecule has 3 rings (SSSR count). The normalized spacial score (nSPS) is 11.7. The first kappa shape index (κ1) is 17.2. The van der Waals surface area contributed by atoms with Crippen molar-refractivity contribution in [2.75, 3.05) is 5.32 Å². The van der Waals surface area contributed by atoms with Gasteiger partial charge in [0.25, 0.3) is 5.91 Å². The predicted octanol–water partition coefficient (Wildman–Crippen LogP) is 3.03. The molecule has 0 saturated carbocycles. The summed E-state index contributed by atoms with van der Waals surface area (Å²) < 4.78 is 43.7. The van der Waals surface area contributed by atoms with E-state index in [-0.39, 0.29) is 27.4 Å². The largest absolute Gasteiger partial charge is 0.506 e. The summed E-state index contributed by atoms with van der Waals surface area (Å²) in [7, 11) is 0. The zero-order valence-corrected chi connectivity index (χ0v) is 13.3. The van der Waals surface area contributed by atoms with E-state index in [4.69, 9.17) is 16.0 Å². The average molecular weight is 392 g/mol. The van der Waals surface area contributed by atoms with Crippen LogP contribution in [-0.2, 0) is 5.38 Å². The van der Waals surface area contributed by atoms with Crippen molar-refractivity contribution in [3.05, 3.63) is 45.0 Å². The van der Waals surface area contributed by atoms with Gasteiger partial charge >= 0.3 is 11.0 Å². The molecule has 1 amide bonds. The van der Waals surface area contributed by atoms with Gasteiger partial charge in [0.15, 0.2) is 5.56 Å². The smallest absolute Gasteiger partial charge is 0.375 e. The van der Waals surface area contributed by atoms with Gasteiger partial charge in [-0.1, -0.05) is 11.3 Å². The summed E-state index contributed by atoms with van der Waals surface area (Å²) in [5.74, 6) is -2.63. The van der Waals surface area contributed by atoms with Crippen molar-refractivity contribution in [2.45, 2.75) is 5.38 Å². The lowest BCUT2D eigenvalue weighted by Gasteiger charge is -2.05. The fourth-order valence-electron chi connectivity index (χ4n) is 1.91. The fraction of sp³-hybridized carbons (Fsp3) is 0.0769. The molecule has 0 aliphatic heterocycles. The Kier molecular flexibility index (Phi) is 4.13. The Labute approximate surface area is 144 Å². The van der Waals surface area contributed by atoms with Crippen molar-refractivity contribution in [1.82, 2.24) is 10.2 Å². The Morgan fingerprint density at radius 2 is 2.08 bits per heavy atom. The number of nitrogens with one attached hydrogen (secondary N) is 1. The number of carbonyl (C=O) groups is 1. The van der Waals surface area contributed by atoms with Crippen LogP contribution in [0.3, 0.4) is 0 Å². The molecule has 2 heterocycles. The molecule has 25 heavy (non-hydrogen) atoms. The number of hydrogen-bond donors (Lipinski definition) is 2. The van der Waals surface area contributed by atoms with E-state index in [0.29, 0.717) is 0 Å². The van der Waals surface area contributed by atoms with Crippen LogP contribution >= 0.6 is 22.9 Å². The van der Waals surface area contributed by atoms with Crippen molar-refractivity contribution in [3.63, 3.8) is 0 Å². The highest BCUT2D eigenvalue weighted by atomic mass is 35.5. The number of benzene rings is 1. The Hall–Kier alpha value is -2.66. The zero-order chi connectivity index (χ0) is 18.4. The van der Waals surface area contributed by atoms with E-state index >= 15 is 0 Å². The summed E-state index contributed by atoms with van der Waals surface area (Å²) in [5.41, 5.74) is -2.31. The lowest BCUT2D eigenvalue weighted by atomic mass is 10.1. The Bertz CT molecular complexity index is 1050. The molecule has 0 spiro atoms. The molecule has 130 valence electrons. The molecular formula is C13H5ClF3N3O4S. The highest BCUT2D eigenvalue weighted by Crippen LogP contribution is 2.35. The number of rotatable bonds is 3. The number of alkyl halides is 3. The van der Waals surface area contributed by atoms with Crippen LogP contribution < -0.4 is 10.9 Å². The average Bonchev–Trinajstić information content (AvgIpc) is 2.95. The van der Waals surface area contributed by atoms with Gasteiger partial charge in [0, 0.05) is 6.07 Å². The van der Waals surface area contributed by atoms with E-state index in [1.807, 2.05) is 5.32 Å². The van der Waals surface area contributed by atoms with E-state index in [1.54, 1.807) is 0 Å². The second kappa shape index (κ2) is 6.01. The highest BCUT2D eigenvalue weighted by Gasteiger charge is 2.33. The van der Waals surface area contributed by atoms with Gasteiger partial charge in [0.2, 0.25) is 10.1 Å². The van der Waals surface area contributed by atoms with E-state index < -0.39 is 39.1 Å². The van der Waals surface area contributed by atoms with Crippen LogP contribution in [0.15, 0.2) is 27.4 Å². The molecule has 0 fully saturated rings. The van der Waals surface area contributed by atoms with E-state index in [9.17, 15) is 27.9 Å². The molecule has 2 N–H and O–H groups in total. The Morgan fingerprint density at radius 1 is 1.36 bits per heavy atom. The van der Waals surface area contributed by atoms with Crippen LogP contribution in [0, 0.1) is 5.82 Å². The summed E-state index contributed by atoms with van der Waals surface area (Å²) in [5, 5.41) is 13.4. The predicted molar refractivity (Wildman–Crippen MR) is 81.7 cm³/mol. The first-order valence-electron chi connectivity index (χ1n) is 6.34. The number of nitrogens with zero attached hydrogens (tertiary/aromatic N) is 2. The highest BCUT2D eigenvalue weighted by molar-refractivity contribution is 7.15. The molecule has 0 atom stereocenters. The van der Waals surface area contributed by atoms with Crippen LogP contribution in [0.5, 0.6) is 5.75 Å². The maximum atomic E-state index is 13.1. The van der Waals surface area contributed by atoms with Crippen molar-refractivity contribution in [1.29, 1.82) is 0 Å². The van der Waals surface area contributed by atoms with E-state index in [1.165, 1.54) is 0 Å². The van der Waals surface area contributed by atoms with Crippen LogP contribution in [0.25, 0.3) is 11.0 Å². The third kappa shape index (κ3) is 3.28. The van der Waals surface area contributed by atoms with Gasteiger partial charge in [-0.25, -0.2) is 9.18 Å². The quantitative estimate of drug-likeness (QED) is 0.525. The lowest BCUT2D eigenvalue weighted by Crippen LogP contribution is -2.21. The first-order chi connectivity index (χ1) is 11.7. The molecule has 2 aromatic heterocycles. The molecule has 0 aliphatic carbocycles. The third-order valence-electron chi connectivity index (χ3n) is 2.96. The SMILES string of the molecule is O=C(Nc1nnc(C(F)(F)Cl)s1)c1c(O)c2ccc(F)cc2oc1=O. The minimum atomic E-state index is -3.77. The monoisotopic (exact) mass is 391 g/mol. The number of halogens is 4. The summed E-state index contributed by atoms with van der Waals surface area (Å²) in [6.45, 7) is 0. The number of aromatic hydroxyl groups is 1. The molecule has 0 radical (unpaired) electrons. The minimum Gasteiger partial charge on any atom is -0.506 e. The Morgan fingerprint density at radius 3 is 2.72 bits per heavy atom. The maximum Gasteiger partial charge on any atom is 0.375 e. The second-order valence-corrected chi connectivity index (χ2v) is 6.07. The summed E-state index contributed by atoms with van der Waals surface area (Å²) in [4.78, 5) is 24.0. The molecule has 3 aromatic rings. The fourth-order valence-corrected chi connectivity index (χ4v) is 2.67. The molecule has 0 unspecified atom stereocenters. The van der Waals surface area contributed by atoms with E-state index in [0.717, 1.165) is 18.2 Å². The number of amides is 1. The number of hydrogen-bond acceptors (Lipinski definition) is 7. The van der Waals surface area contributed by atoms with Gasteiger partial charge < -0.3 is 9.52 Å². The molecule has 12 heteroatoms. The van der Waals surface area contributed by atoms with Gasteiger partial charge in [-0.2, -0.15) is 8.78 Å². The first-order valence-corrected chi connectivity index (χ1v) is 7.53. The second-order valence-electron chi connectivity index (χ2n) is 4.62. The number of fused-ring (bicyclic) bond motifs is 1. The van der Waals surface area contributed by atoms with Gasteiger partial charge in [0.05, 0.1) is 5.39 Å². The minimum absolute atomic E-state index is 0.0867. The van der Waals surface area contributed by atoms with Crippen molar-refractivity contribution in [3.8, 4) is 5.75 Å². The summed E-state index contributed by atoms with van der Waals surface area (Å²) in [6, 6.07) is 2.96. The molecule has 0 aliphatic rings. The summed E-state index contributed by atoms with van der Waals surface area (Å²) in [6.07, 6.45) is 0. The van der Waals surface area contributed by atoms with Gasteiger partial charge in [-0.15, -0.1) is 10.2 Å². The number of carbonyl (C=O) groups excluding carboxylic acids is 1. The van der Waals surface area contributed by atoms with Crippen LogP contribution in [0.4, 0.5) is 18.3 Å². The Balaban J connectivity index is 1.99. The molecule has 0 saturated heterocycles. The zero-order valence-electron chi connectivity index (χ0n) is 11.7. The maximum absolute atomic E-state index is 13.1. The van der Waals surface area contributed by atoms with Crippen molar-refractivity contribution < 1.29 is 27.5 Å². The number of anilines is 1. The van der Waals surface area contributed by atoms with Crippen LogP contribution in [-0.4, -0.2) is 21.2 Å².